The molecule has 0 unspecified atom stereocenters. The second kappa shape index (κ2) is 5.54. The molecule has 0 spiro atoms. The van der Waals surface area contributed by atoms with Crippen LogP contribution >= 0.6 is 0 Å². The lowest BCUT2D eigenvalue weighted by atomic mass is 10.2. The highest BCUT2D eigenvalue weighted by atomic mass is 19.1. The molecule has 2 N–H and O–H groups in total. The summed E-state index contributed by atoms with van der Waals surface area (Å²) in [5.41, 5.74) is 0.0779. The molecular weight excluding hydrogens is 273 g/mol. The first-order chi connectivity index (χ1) is 10.1. The van der Waals surface area contributed by atoms with Gasteiger partial charge in [-0.2, -0.15) is 0 Å². The lowest BCUT2D eigenvalue weighted by molar-refractivity contribution is -1.01. The number of anilines is 1. The molecule has 2 aliphatic heterocycles. The van der Waals surface area contributed by atoms with E-state index < -0.39 is 5.82 Å². The highest BCUT2D eigenvalue weighted by Crippen LogP contribution is 2.24. The number of hydrogen-bond acceptors (Lipinski definition) is 2. The molecule has 3 rings (SSSR count). The van der Waals surface area contributed by atoms with Gasteiger partial charge in [0.1, 0.15) is 32.0 Å². The molecule has 2 saturated heterocycles. The molecule has 1 aromatic carbocycles. The largest absolute Gasteiger partial charge is 0.328 e. The van der Waals surface area contributed by atoms with Gasteiger partial charge in [0, 0.05) is 0 Å². The van der Waals surface area contributed by atoms with Crippen LogP contribution in [0.2, 0.25) is 0 Å². The number of amides is 2. The Morgan fingerprint density at radius 3 is 2.48 bits per heavy atom. The maximum atomic E-state index is 13.9. The third kappa shape index (κ3) is 2.56. The molecule has 0 saturated carbocycles. The Balaban J connectivity index is 1.81. The highest BCUT2D eigenvalue weighted by Gasteiger charge is 2.47. The number of hydrogen-bond donors (Lipinski definition) is 2. The number of carbonyl (C=O) groups is 2. The molecule has 2 aliphatic rings. The average molecular weight is 293 g/mol. The number of carbonyl (C=O) groups excluding carboxylic acids is 2. The van der Waals surface area contributed by atoms with E-state index in [2.05, 4.69) is 7.05 Å². The van der Waals surface area contributed by atoms with Gasteiger partial charge in [0.2, 0.25) is 5.91 Å². The number of likely N-dealkylation sites (N-methyl/N-ethyl adjacent to an activating group) is 1. The number of piperazine rings is 1. The Labute approximate surface area is 122 Å². The van der Waals surface area contributed by atoms with Gasteiger partial charge in [-0.05, 0) is 12.1 Å². The van der Waals surface area contributed by atoms with Crippen LogP contribution in [0, 0.1) is 5.82 Å². The van der Waals surface area contributed by atoms with E-state index in [0.717, 1.165) is 36.0 Å². The third-order valence-electron chi connectivity index (χ3n) is 4.48. The zero-order chi connectivity index (χ0) is 15.0. The van der Waals surface area contributed by atoms with Gasteiger partial charge in [-0.1, -0.05) is 12.1 Å². The van der Waals surface area contributed by atoms with E-state index in [9.17, 15) is 14.0 Å². The number of imide groups is 1. The molecule has 0 aliphatic carbocycles. The van der Waals surface area contributed by atoms with Crippen LogP contribution in [0.15, 0.2) is 24.3 Å². The molecule has 2 amide bonds. The van der Waals surface area contributed by atoms with Gasteiger partial charge in [-0.15, -0.1) is 0 Å². The maximum Gasteiger partial charge on any atom is 0.292 e. The summed E-state index contributed by atoms with van der Waals surface area (Å²) >= 11 is 0. The monoisotopic (exact) mass is 293 g/mol. The Hall–Kier alpha value is -1.79. The van der Waals surface area contributed by atoms with Crippen LogP contribution in [-0.2, 0) is 9.59 Å². The second-order valence-corrected chi connectivity index (χ2v) is 5.89. The third-order valence-corrected chi connectivity index (χ3v) is 4.48. The van der Waals surface area contributed by atoms with Gasteiger partial charge in [0.25, 0.3) is 5.91 Å². The van der Waals surface area contributed by atoms with Crippen molar-refractivity contribution in [3.8, 4) is 0 Å². The van der Waals surface area contributed by atoms with Crippen molar-refractivity contribution in [2.75, 3.05) is 38.1 Å². The van der Waals surface area contributed by atoms with Crippen molar-refractivity contribution in [1.82, 2.24) is 0 Å². The zero-order valence-corrected chi connectivity index (χ0v) is 12.1. The highest BCUT2D eigenvalue weighted by molar-refractivity contribution is 6.21. The average Bonchev–Trinajstić information content (AvgIpc) is 2.76. The minimum atomic E-state index is -0.530. The van der Waals surface area contributed by atoms with E-state index >= 15 is 0 Å². The maximum absolute atomic E-state index is 13.9. The minimum Gasteiger partial charge on any atom is -0.328 e. The van der Waals surface area contributed by atoms with Crippen molar-refractivity contribution >= 4 is 17.5 Å². The Morgan fingerprint density at radius 2 is 1.81 bits per heavy atom. The second-order valence-electron chi connectivity index (χ2n) is 5.89. The summed E-state index contributed by atoms with van der Waals surface area (Å²) < 4.78 is 13.9. The van der Waals surface area contributed by atoms with Gasteiger partial charge in [-0.3, -0.25) is 9.59 Å². The smallest absolute Gasteiger partial charge is 0.292 e. The molecule has 21 heavy (non-hydrogen) atoms. The van der Waals surface area contributed by atoms with E-state index in [1.807, 2.05) is 0 Å². The first kappa shape index (κ1) is 14.2. The van der Waals surface area contributed by atoms with Crippen LogP contribution in [0.4, 0.5) is 10.1 Å². The van der Waals surface area contributed by atoms with Gasteiger partial charge >= 0.3 is 0 Å². The summed E-state index contributed by atoms with van der Waals surface area (Å²) in [6.45, 7) is 3.74. The van der Waals surface area contributed by atoms with E-state index in [0.29, 0.717) is 0 Å². The topological polar surface area (TPSA) is 46.3 Å². The van der Waals surface area contributed by atoms with E-state index in [1.165, 1.54) is 17.0 Å². The van der Waals surface area contributed by atoms with E-state index in [1.54, 1.807) is 12.1 Å². The summed E-state index contributed by atoms with van der Waals surface area (Å²) in [4.78, 5) is 28.4. The lowest BCUT2D eigenvalue weighted by Crippen LogP contribution is -3.29. The van der Waals surface area contributed by atoms with Crippen LogP contribution in [0.25, 0.3) is 0 Å². The van der Waals surface area contributed by atoms with Crippen LogP contribution in [-0.4, -0.2) is 51.1 Å². The summed E-state index contributed by atoms with van der Waals surface area (Å²) in [5, 5.41) is 0. The number of halogens is 1. The lowest BCUT2D eigenvalue weighted by Gasteiger charge is -2.30. The van der Waals surface area contributed by atoms with Gasteiger partial charge < -0.3 is 9.80 Å². The fourth-order valence-electron chi connectivity index (χ4n) is 3.18. The summed E-state index contributed by atoms with van der Waals surface area (Å²) in [7, 11) is 2.13. The Morgan fingerprint density at radius 1 is 1.14 bits per heavy atom. The molecule has 2 heterocycles. The molecule has 6 heteroatoms. The predicted octanol–water partition coefficient (Wildman–Crippen LogP) is -2.13. The molecule has 5 nitrogen and oxygen atoms in total. The van der Waals surface area contributed by atoms with Crippen molar-refractivity contribution in [1.29, 1.82) is 0 Å². The molecule has 0 bridgehead atoms. The Kier molecular flexibility index (Phi) is 3.73. The fourth-order valence-corrected chi connectivity index (χ4v) is 3.18. The number of nitrogens with one attached hydrogen (secondary N) is 2. The number of benzene rings is 1. The van der Waals surface area contributed by atoms with Crippen molar-refractivity contribution < 1.29 is 23.8 Å². The molecule has 0 aromatic heterocycles. The fraction of sp³-hybridized carbons (Fsp3) is 0.467. The van der Waals surface area contributed by atoms with Crippen LogP contribution in [0.1, 0.15) is 6.42 Å². The van der Waals surface area contributed by atoms with E-state index in [-0.39, 0.29) is 30.0 Å². The van der Waals surface area contributed by atoms with Crippen molar-refractivity contribution in [2.24, 2.45) is 0 Å². The van der Waals surface area contributed by atoms with Gasteiger partial charge in [-0.25, -0.2) is 9.29 Å². The normalized spacial score (nSPS) is 30.0. The standard InChI is InChI=1S/C15H18FN3O2/c1-17-6-8-18(9-7-17)13-10-14(20)19(15(13)21)12-5-3-2-4-11(12)16/h2-5,13H,6-10H2,1H3/p+2/t13-/m1/s1. The van der Waals surface area contributed by atoms with Gasteiger partial charge in [0.05, 0.1) is 19.2 Å². The number of nitrogens with zero attached hydrogens (tertiary/aromatic N) is 1. The molecule has 1 atom stereocenters. The molecule has 0 radical (unpaired) electrons. The number of quaternary nitrogens is 2. The zero-order valence-electron chi connectivity index (χ0n) is 12.1. The van der Waals surface area contributed by atoms with Crippen molar-refractivity contribution in [3.05, 3.63) is 30.1 Å². The van der Waals surface area contributed by atoms with Crippen LogP contribution < -0.4 is 14.7 Å². The summed E-state index contributed by atoms with van der Waals surface area (Å²) in [5.74, 6) is -1.09. The molecular formula is C15H20FN3O2+2. The number of rotatable bonds is 2. The van der Waals surface area contributed by atoms with E-state index in [4.69, 9.17) is 0 Å². The van der Waals surface area contributed by atoms with Crippen molar-refractivity contribution in [3.63, 3.8) is 0 Å². The first-order valence-electron chi connectivity index (χ1n) is 7.35. The summed E-state index contributed by atoms with van der Waals surface area (Å²) in [6, 6.07) is 5.59. The minimum absolute atomic E-state index is 0.0779. The summed E-state index contributed by atoms with van der Waals surface area (Å²) in [6.07, 6.45) is 0.182. The number of para-hydroxylation sites is 1. The van der Waals surface area contributed by atoms with Crippen molar-refractivity contribution in [2.45, 2.75) is 12.5 Å². The molecule has 1 aromatic rings. The van der Waals surface area contributed by atoms with Crippen LogP contribution in [0.5, 0.6) is 0 Å². The quantitative estimate of drug-likeness (QED) is 0.612. The van der Waals surface area contributed by atoms with Crippen LogP contribution in [0.3, 0.4) is 0 Å². The SMILES string of the molecule is C[NH+]1CC[NH+]([C@@H]2CC(=O)N(c3ccccc3F)C2=O)CC1. The first-order valence-corrected chi connectivity index (χ1v) is 7.35. The molecule has 112 valence electrons. The molecule has 2 fully saturated rings. The Bertz CT molecular complexity index is 570. The van der Waals surface area contributed by atoms with Gasteiger partial charge in [0.15, 0.2) is 6.04 Å². The predicted molar refractivity (Wildman–Crippen MR) is 74.6 cm³/mol.